The molecule has 0 spiro atoms. The van der Waals surface area contributed by atoms with Crippen molar-refractivity contribution in [3.63, 3.8) is 0 Å². The molecule has 0 atom stereocenters. The van der Waals surface area contributed by atoms with Crippen LogP contribution in [-0.2, 0) is 24.2 Å². The summed E-state index contributed by atoms with van der Waals surface area (Å²) in [4.78, 5) is 39.3. The van der Waals surface area contributed by atoms with Crippen molar-refractivity contribution in [1.29, 1.82) is 5.26 Å². The third-order valence-corrected chi connectivity index (χ3v) is 7.25. The van der Waals surface area contributed by atoms with Gasteiger partial charge in [-0.1, -0.05) is 60.7 Å². The SMILES string of the molecule is N#Cc1ccccc1Cn1c(=O)n(-c2ccc(CC(=O)NCCc3ccccc3)cc2)c(=O)c2sccc21. The Morgan fingerprint density at radius 2 is 1.63 bits per heavy atom. The van der Waals surface area contributed by atoms with Crippen LogP contribution in [0, 0.1) is 11.3 Å². The second-order valence-electron chi connectivity index (χ2n) is 8.84. The Labute approximate surface area is 222 Å². The maximum atomic E-state index is 13.6. The molecule has 0 aliphatic rings. The number of nitrogens with zero attached hydrogens (tertiary/aromatic N) is 3. The molecule has 188 valence electrons. The lowest BCUT2D eigenvalue weighted by molar-refractivity contribution is -0.120. The highest BCUT2D eigenvalue weighted by atomic mass is 32.1. The van der Waals surface area contributed by atoms with Crippen LogP contribution in [0.1, 0.15) is 22.3 Å². The summed E-state index contributed by atoms with van der Waals surface area (Å²) < 4.78 is 3.13. The molecule has 0 aliphatic carbocycles. The van der Waals surface area contributed by atoms with E-state index < -0.39 is 11.2 Å². The molecule has 1 N–H and O–H groups in total. The van der Waals surface area contributed by atoms with Crippen LogP contribution in [0.25, 0.3) is 15.9 Å². The Hall–Kier alpha value is -4.74. The van der Waals surface area contributed by atoms with E-state index in [9.17, 15) is 19.6 Å². The fourth-order valence-corrected chi connectivity index (χ4v) is 5.23. The van der Waals surface area contributed by atoms with Crippen LogP contribution in [0.2, 0.25) is 0 Å². The average molecular weight is 521 g/mol. The minimum absolute atomic E-state index is 0.0932. The first-order chi connectivity index (χ1) is 18.5. The van der Waals surface area contributed by atoms with Gasteiger partial charge in [0.2, 0.25) is 5.91 Å². The number of hydrogen-bond acceptors (Lipinski definition) is 5. The van der Waals surface area contributed by atoms with Crippen LogP contribution in [-0.4, -0.2) is 21.6 Å². The zero-order valence-corrected chi connectivity index (χ0v) is 21.3. The molecule has 0 saturated carbocycles. The summed E-state index contributed by atoms with van der Waals surface area (Å²) in [6.07, 6.45) is 0.952. The number of fused-ring (bicyclic) bond motifs is 1. The molecule has 0 bridgehead atoms. The van der Waals surface area contributed by atoms with Crippen LogP contribution in [0.4, 0.5) is 0 Å². The molecular weight excluding hydrogens is 496 g/mol. The van der Waals surface area contributed by atoms with Crippen LogP contribution in [0.15, 0.2) is 99.9 Å². The minimum atomic E-state index is -0.486. The molecule has 2 heterocycles. The standard InChI is InChI=1S/C30H24N4O3S/c31-19-23-8-4-5-9-24(23)20-33-26-15-17-38-28(26)29(36)34(30(33)37)25-12-10-22(11-13-25)18-27(35)32-16-14-21-6-2-1-3-7-21/h1-13,15,17H,14,16,18,20H2,(H,32,35). The number of thiophene rings is 1. The molecule has 0 fully saturated rings. The first-order valence-electron chi connectivity index (χ1n) is 12.2. The molecule has 5 rings (SSSR count). The summed E-state index contributed by atoms with van der Waals surface area (Å²) >= 11 is 1.27. The fourth-order valence-electron chi connectivity index (χ4n) is 4.41. The Bertz CT molecular complexity index is 1760. The van der Waals surface area contributed by atoms with E-state index in [0.717, 1.165) is 22.1 Å². The van der Waals surface area contributed by atoms with Gasteiger partial charge in [0.15, 0.2) is 0 Å². The van der Waals surface area contributed by atoms with Gasteiger partial charge in [-0.15, -0.1) is 11.3 Å². The second kappa shape index (κ2) is 11.1. The lowest BCUT2D eigenvalue weighted by Crippen LogP contribution is -2.38. The number of carbonyl (C=O) groups excluding carboxylic acids is 1. The molecule has 0 aliphatic heterocycles. The fraction of sp³-hybridized carbons (Fsp3) is 0.133. The van der Waals surface area contributed by atoms with Crippen molar-refractivity contribution in [2.24, 2.45) is 0 Å². The summed E-state index contributed by atoms with van der Waals surface area (Å²) in [7, 11) is 0. The van der Waals surface area contributed by atoms with Gasteiger partial charge in [-0.3, -0.25) is 14.2 Å². The first kappa shape index (κ1) is 24.9. The Morgan fingerprint density at radius 3 is 2.39 bits per heavy atom. The minimum Gasteiger partial charge on any atom is -0.355 e. The largest absolute Gasteiger partial charge is 0.355 e. The van der Waals surface area contributed by atoms with Gasteiger partial charge in [-0.05, 0) is 52.8 Å². The number of nitriles is 1. The van der Waals surface area contributed by atoms with E-state index in [1.54, 1.807) is 53.9 Å². The predicted molar refractivity (Wildman–Crippen MR) is 149 cm³/mol. The van der Waals surface area contributed by atoms with Gasteiger partial charge >= 0.3 is 5.69 Å². The lowest BCUT2D eigenvalue weighted by atomic mass is 10.1. The van der Waals surface area contributed by atoms with E-state index in [4.69, 9.17) is 0 Å². The van der Waals surface area contributed by atoms with E-state index >= 15 is 0 Å². The first-order valence-corrected chi connectivity index (χ1v) is 13.0. The van der Waals surface area contributed by atoms with Gasteiger partial charge in [0.25, 0.3) is 5.56 Å². The highest BCUT2D eigenvalue weighted by Crippen LogP contribution is 2.19. The van der Waals surface area contributed by atoms with Gasteiger partial charge in [0, 0.05) is 6.54 Å². The zero-order chi connectivity index (χ0) is 26.5. The van der Waals surface area contributed by atoms with Crippen LogP contribution in [0.3, 0.4) is 0 Å². The highest BCUT2D eigenvalue weighted by molar-refractivity contribution is 7.17. The van der Waals surface area contributed by atoms with Crippen LogP contribution >= 0.6 is 11.3 Å². The Morgan fingerprint density at radius 1 is 0.895 bits per heavy atom. The van der Waals surface area contributed by atoms with E-state index in [2.05, 4.69) is 11.4 Å². The Kier molecular flexibility index (Phi) is 7.29. The van der Waals surface area contributed by atoms with E-state index in [-0.39, 0.29) is 18.9 Å². The second-order valence-corrected chi connectivity index (χ2v) is 9.76. The van der Waals surface area contributed by atoms with Crippen molar-refractivity contribution in [2.75, 3.05) is 6.54 Å². The maximum Gasteiger partial charge on any atom is 0.336 e. The number of amides is 1. The van der Waals surface area contributed by atoms with Gasteiger partial charge in [0.05, 0.1) is 35.8 Å². The molecule has 38 heavy (non-hydrogen) atoms. The Balaban J connectivity index is 1.38. The highest BCUT2D eigenvalue weighted by Gasteiger charge is 2.17. The van der Waals surface area contributed by atoms with Crippen molar-refractivity contribution in [1.82, 2.24) is 14.5 Å². The van der Waals surface area contributed by atoms with E-state index in [1.807, 2.05) is 36.4 Å². The molecule has 8 heteroatoms. The van der Waals surface area contributed by atoms with Gasteiger partial charge in [-0.2, -0.15) is 5.26 Å². The molecule has 2 aromatic heterocycles. The summed E-state index contributed by atoms with van der Waals surface area (Å²) in [5.41, 5.74) is 3.20. The molecule has 7 nitrogen and oxygen atoms in total. The number of aromatic nitrogens is 2. The van der Waals surface area contributed by atoms with Gasteiger partial charge in [-0.25, -0.2) is 9.36 Å². The molecule has 1 amide bonds. The zero-order valence-electron chi connectivity index (χ0n) is 20.5. The van der Waals surface area contributed by atoms with Gasteiger partial charge < -0.3 is 5.32 Å². The third kappa shape index (κ3) is 5.19. The molecule has 0 saturated heterocycles. The molecule has 5 aromatic rings. The smallest absolute Gasteiger partial charge is 0.336 e. The average Bonchev–Trinajstić information content (AvgIpc) is 3.43. The molecule has 0 unspecified atom stereocenters. The summed E-state index contributed by atoms with van der Waals surface area (Å²) in [5.74, 6) is -0.0932. The van der Waals surface area contributed by atoms with E-state index in [0.29, 0.717) is 33.6 Å². The summed E-state index contributed by atoms with van der Waals surface area (Å²) in [5, 5.41) is 14.2. The molecule has 0 radical (unpaired) electrons. The van der Waals surface area contributed by atoms with Crippen LogP contribution < -0.4 is 16.6 Å². The quantitative estimate of drug-likeness (QED) is 0.334. The number of hydrogen-bond donors (Lipinski definition) is 1. The monoisotopic (exact) mass is 520 g/mol. The maximum absolute atomic E-state index is 13.6. The lowest BCUT2D eigenvalue weighted by Gasteiger charge is -2.13. The normalized spacial score (nSPS) is 10.8. The van der Waals surface area contributed by atoms with Crippen molar-refractivity contribution in [2.45, 2.75) is 19.4 Å². The predicted octanol–water partition coefficient (Wildman–Crippen LogP) is 4.04. The van der Waals surface area contributed by atoms with E-state index in [1.165, 1.54) is 15.9 Å². The van der Waals surface area contributed by atoms with Crippen molar-refractivity contribution in [3.05, 3.63) is 133 Å². The number of carbonyl (C=O) groups is 1. The van der Waals surface area contributed by atoms with Gasteiger partial charge in [0.1, 0.15) is 4.70 Å². The third-order valence-electron chi connectivity index (χ3n) is 6.36. The summed E-state index contributed by atoms with van der Waals surface area (Å²) in [6, 6.07) is 27.8. The van der Waals surface area contributed by atoms with Crippen molar-refractivity contribution < 1.29 is 4.79 Å². The number of benzene rings is 3. The number of nitrogens with one attached hydrogen (secondary N) is 1. The summed E-state index contributed by atoms with van der Waals surface area (Å²) in [6.45, 7) is 0.711. The number of rotatable bonds is 8. The topological polar surface area (TPSA) is 96.9 Å². The van der Waals surface area contributed by atoms with Crippen LogP contribution in [0.5, 0.6) is 0 Å². The molecular formula is C30H24N4O3S. The molecule has 3 aromatic carbocycles. The van der Waals surface area contributed by atoms with Crippen molar-refractivity contribution in [3.8, 4) is 11.8 Å². The van der Waals surface area contributed by atoms with Crippen molar-refractivity contribution >= 4 is 27.5 Å².